The zero-order chi connectivity index (χ0) is 27.3. The maximum Gasteiger partial charge on any atom is 0.408 e. The Kier molecular flexibility index (Phi) is 12.5. The Balaban J connectivity index is 3.40. The topological polar surface area (TPSA) is 134 Å². The predicted octanol–water partition coefficient (Wildman–Crippen LogP) is 1.90. The summed E-state index contributed by atoms with van der Waals surface area (Å²) in [4.78, 5) is 52.1. The number of hydrogen-bond donors (Lipinski definition) is 3. The molecule has 0 aromatic heterocycles. The Hall–Kier alpha value is -3.58. The summed E-state index contributed by atoms with van der Waals surface area (Å²) < 4.78 is 9.80. The molecule has 0 saturated heterocycles. The van der Waals surface area contributed by atoms with Gasteiger partial charge < -0.3 is 30.1 Å². The molecule has 1 rings (SSSR count). The average molecular weight is 504 g/mol. The van der Waals surface area contributed by atoms with Crippen molar-refractivity contribution in [1.29, 1.82) is 0 Å². The summed E-state index contributed by atoms with van der Waals surface area (Å²) in [6, 6.07) is 3.97. The number of terminal acetylenes is 1. The van der Waals surface area contributed by atoms with E-state index in [0.29, 0.717) is 17.5 Å². The summed E-state index contributed by atoms with van der Waals surface area (Å²) in [5.41, 5.74) is 0.203. The number of rotatable bonds is 12. The van der Waals surface area contributed by atoms with E-state index in [4.69, 9.17) is 11.2 Å². The minimum absolute atomic E-state index is 0.159. The number of alkyl carbamates (subject to hydrolysis) is 1. The van der Waals surface area contributed by atoms with Gasteiger partial charge in [-0.3, -0.25) is 14.4 Å². The zero-order valence-corrected chi connectivity index (χ0v) is 21.6. The van der Waals surface area contributed by atoms with Crippen LogP contribution < -0.4 is 10.6 Å². The molecule has 0 heterocycles. The molecule has 0 spiro atoms. The van der Waals surface area contributed by atoms with Gasteiger partial charge in [-0.15, -0.1) is 6.42 Å². The monoisotopic (exact) mass is 503 g/mol. The molecule has 3 N–H and O–H groups in total. The van der Waals surface area contributed by atoms with Crippen LogP contribution in [-0.4, -0.2) is 72.3 Å². The number of nitrogens with zero attached hydrogens (tertiary/aromatic N) is 1. The van der Waals surface area contributed by atoms with Crippen LogP contribution in [0, 0.1) is 12.3 Å². The smallest absolute Gasteiger partial charge is 0.408 e. The molecule has 2 atom stereocenters. The second-order valence-corrected chi connectivity index (χ2v) is 9.08. The van der Waals surface area contributed by atoms with Crippen LogP contribution in [0.5, 0.6) is 0 Å². The highest BCUT2D eigenvalue weighted by atomic mass is 16.6. The highest BCUT2D eigenvalue weighted by molar-refractivity contribution is 5.93. The van der Waals surface area contributed by atoms with E-state index >= 15 is 0 Å². The summed E-state index contributed by atoms with van der Waals surface area (Å²) in [7, 11) is 1.19. The van der Waals surface area contributed by atoms with E-state index in [9.17, 15) is 24.3 Å². The number of unbranched alkanes of at least 4 members (excludes halogenated alkanes) is 2. The molecule has 1 aromatic rings. The first-order chi connectivity index (χ1) is 17.0. The minimum Gasteiger partial charge on any atom is -0.468 e. The van der Waals surface area contributed by atoms with Crippen molar-refractivity contribution in [1.82, 2.24) is 15.5 Å². The molecule has 3 amide bonds. The lowest BCUT2D eigenvalue weighted by Crippen LogP contribution is -2.54. The number of methoxy groups -OCH3 is 1. The van der Waals surface area contributed by atoms with E-state index in [1.165, 1.54) is 12.0 Å². The summed E-state index contributed by atoms with van der Waals surface area (Å²) in [6.45, 7) is 6.04. The van der Waals surface area contributed by atoms with Crippen LogP contribution in [0.15, 0.2) is 24.3 Å². The normalized spacial score (nSPS) is 12.5. The Morgan fingerprint density at radius 2 is 1.78 bits per heavy atom. The van der Waals surface area contributed by atoms with E-state index in [1.54, 1.807) is 45.0 Å². The molecule has 1 aromatic carbocycles. The van der Waals surface area contributed by atoms with Crippen LogP contribution in [0.4, 0.5) is 4.79 Å². The summed E-state index contributed by atoms with van der Waals surface area (Å²) >= 11 is 0. The van der Waals surface area contributed by atoms with Crippen molar-refractivity contribution in [2.24, 2.45) is 0 Å². The lowest BCUT2D eigenvalue weighted by molar-refractivity contribution is -0.145. The third-order valence-electron chi connectivity index (χ3n) is 5.05. The molecule has 0 aliphatic heterocycles. The van der Waals surface area contributed by atoms with Gasteiger partial charge in [0.05, 0.1) is 13.7 Å². The largest absolute Gasteiger partial charge is 0.468 e. The third-order valence-corrected chi connectivity index (χ3v) is 5.05. The van der Waals surface area contributed by atoms with Gasteiger partial charge in [0.25, 0.3) is 0 Å². The molecule has 10 heteroatoms. The highest BCUT2D eigenvalue weighted by Gasteiger charge is 2.36. The number of ether oxygens (including phenoxy) is 2. The molecular weight excluding hydrogens is 466 g/mol. The fourth-order valence-electron chi connectivity index (χ4n) is 3.30. The number of benzene rings is 1. The Bertz CT molecular complexity index is 932. The molecule has 0 saturated carbocycles. The fourth-order valence-corrected chi connectivity index (χ4v) is 3.30. The van der Waals surface area contributed by atoms with Crippen molar-refractivity contribution in [2.45, 2.75) is 64.6 Å². The Morgan fingerprint density at radius 1 is 1.14 bits per heavy atom. The van der Waals surface area contributed by atoms with Crippen molar-refractivity contribution in [2.75, 3.05) is 26.8 Å². The zero-order valence-electron chi connectivity index (χ0n) is 21.6. The van der Waals surface area contributed by atoms with Gasteiger partial charge in [0.1, 0.15) is 24.2 Å². The second kappa shape index (κ2) is 14.7. The minimum atomic E-state index is -1.36. The lowest BCUT2D eigenvalue weighted by Gasteiger charge is -2.34. The highest BCUT2D eigenvalue weighted by Crippen LogP contribution is 2.24. The van der Waals surface area contributed by atoms with Gasteiger partial charge >= 0.3 is 12.1 Å². The SMILES string of the molecule is C#Cc1ccc(C(C(=O)NCC(=O)OC)N(CCCCC)C(=O)C(CO)NC(=O)OC(C)(C)C)cc1. The van der Waals surface area contributed by atoms with Crippen molar-refractivity contribution >= 4 is 23.9 Å². The standard InChI is InChI=1S/C26H37N3O7/c1-7-9-10-15-29(24(33)20(17-30)28-25(34)36-26(3,4)5)22(23(32)27-16-21(31)35-6)19-13-11-18(8-2)12-14-19/h2,11-14,20,22,30H,7,9-10,15-17H2,1,3-6H3,(H,27,32)(H,28,34). The molecule has 0 bridgehead atoms. The van der Waals surface area contributed by atoms with Gasteiger partial charge in [-0.2, -0.15) is 0 Å². The molecule has 198 valence electrons. The third kappa shape index (κ3) is 9.96. The fraction of sp³-hybridized carbons (Fsp3) is 0.538. The summed E-state index contributed by atoms with van der Waals surface area (Å²) in [5, 5.41) is 14.8. The summed E-state index contributed by atoms with van der Waals surface area (Å²) in [6.07, 6.45) is 6.76. The number of hydrogen-bond acceptors (Lipinski definition) is 7. The van der Waals surface area contributed by atoms with Gasteiger partial charge in [0, 0.05) is 12.1 Å². The first kappa shape index (κ1) is 30.5. The number of nitrogens with one attached hydrogen (secondary N) is 2. The number of aliphatic hydroxyl groups is 1. The van der Waals surface area contributed by atoms with Gasteiger partial charge in [0.15, 0.2) is 0 Å². The van der Waals surface area contributed by atoms with Crippen LogP contribution in [0.2, 0.25) is 0 Å². The van der Waals surface area contributed by atoms with Crippen LogP contribution in [0.3, 0.4) is 0 Å². The molecule has 0 aliphatic carbocycles. The van der Waals surface area contributed by atoms with Gasteiger partial charge in [0.2, 0.25) is 11.8 Å². The van der Waals surface area contributed by atoms with Gasteiger partial charge in [-0.1, -0.05) is 37.8 Å². The predicted molar refractivity (Wildman–Crippen MR) is 134 cm³/mol. The molecule has 10 nitrogen and oxygen atoms in total. The van der Waals surface area contributed by atoms with E-state index in [-0.39, 0.29) is 6.54 Å². The second-order valence-electron chi connectivity index (χ2n) is 9.08. The molecule has 0 aliphatic rings. The van der Waals surface area contributed by atoms with Crippen LogP contribution in [0.1, 0.15) is 64.1 Å². The average Bonchev–Trinajstić information content (AvgIpc) is 2.83. The summed E-state index contributed by atoms with van der Waals surface area (Å²) in [5.74, 6) is 0.522. The van der Waals surface area contributed by atoms with Crippen LogP contribution in [-0.2, 0) is 23.9 Å². The number of carbonyl (C=O) groups is 4. The number of amides is 3. The van der Waals surface area contributed by atoms with E-state index < -0.39 is 54.7 Å². The van der Waals surface area contributed by atoms with E-state index in [1.807, 2.05) is 6.92 Å². The van der Waals surface area contributed by atoms with Crippen LogP contribution in [0.25, 0.3) is 0 Å². The molecular formula is C26H37N3O7. The van der Waals surface area contributed by atoms with Gasteiger partial charge in [-0.25, -0.2) is 4.79 Å². The van der Waals surface area contributed by atoms with Crippen molar-refractivity contribution in [3.05, 3.63) is 35.4 Å². The number of aliphatic hydroxyl groups excluding tert-OH is 1. The Morgan fingerprint density at radius 3 is 2.28 bits per heavy atom. The first-order valence-corrected chi connectivity index (χ1v) is 11.8. The van der Waals surface area contributed by atoms with Crippen molar-refractivity contribution in [3.8, 4) is 12.3 Å². The van der Waals surface area contributed by atoms with Crippen molar-refractivity contribution in [3.63, 3.8) is 0 Å². The number of carbonyl (C=O) groups excluding carboxylic acids is 4. The number of esters is 1. The molecule has 36 heavy (non-hydrogen) atoms. The lowest BCUT2D eigenvalue weighted by atomic mass is 10.0. The van der Waals surface area contributed by atoms with Crippen LogP contribution >= 0.6 is 0 Å². The maximum absolute atomic E-state index is 13.6. The van der Waals surface area contributed by atoms with Crippen molar-refractivity contribution < 1.29 is 33.8 Å². The molecule has 0 fully saturated rings. The van der Waals surface area contributed by atoms with E-state index in [0.717, 1.165) is 12.8 Å². The van der Waals surface area contributed by atoms with Gasteiger partial charge in [-0.05, 0) is 44.9 Å². The molecule has 0 radical (unpaired) electrons. The quantitative estimate of drug-likeness (QED) is 0.225. The van der Waals surface area contributed by atoms with E-state index in [2.05, 4.69) is 21.3 Å². The maximum atomic E-state index is 13.6. The first-order valence-electron chi connectivity index (χ1n) is 11.8. The molecule has 2 unspecified atom stereocenters. The Labute approximate surface area is 212 Å².